The second-order valence-corrected chi connectivity index (χ2v) is 4.64. The van der Waals surface area contributed by atoms with Crippen molar-refractivity contribution in [1.82, 2.24) is 0 Å². The van der Waals surface area contributed by atoms with Crippen LogP contribution in [0.25, 0.3) is 0 Å². The highest BCUT2D eigenvalue weighted by molar-refractivity contribution is 5.98. The zero-order valence-electron chi connectivity index (χ0n) is 12.0. The van der Waals surface area contributed by atoms with E-state index in [0.717, 1.165) is 16.9 Å². The summed E-state index contributed by atoms with van der Waals surface area (Å²) in [4.78, 5) is 0. The summed E-state index contributed by atoms with van der Waals surface area (Å²) in [5.41, 5.74) is 8.19. The van der Waals surface area contributed by atoms with Crippen molar-refractivity contribution in [2.75, 3.05) is 7.11 Å². The number of ether oxygens (including phenoxy) is 2. The summed E-state index contributed by atoms with van der Waals surface area (Å²) < 4.78 is 10.9. The van der Waals surface area contributed by atoms with Crippen molar-refractivity contribution in [3.8, 4) is 11.5 Å². The zero-order chi connectivity index (χ0) is 15.2. The van der Waals surface area contributed by atoms with Crippen LogP contribution in [0.15, 0.2) is 47.6 Å². The van der Waals surface area contributed by atoms with Crippen LogP contribution in [0, 0.1) is 6.92 Å². The number of hydrogen-bond acceptors (Lipinski definition) is 4. The summed E-state index contributed by atoms with van der Waals surface area (Å²) in [5.74, 6) is 1.51. The van der Waals surface area contributed by atoms with E-state index in [1.807, 2.05) is 37.3 Å². The number of rotatable bonds is 5. The van der Waals surface area contributed by atoms with Gasteiger partial charge in [0.1, 0.15) is 11.5 Å². The first-order valence-corrected chi connectivity index (χ1v) is 6.48. The Hall–Kier alpha value is -2.53. The van der Waals surface area contributed by atoms with Crippen molar-refractivity contribution in [1.29, 1.82) is 0 Å². The molecule has 0 amide bonds. The smallest absolute Gasteiger partial charge is 0.170 e. The number of hydrogen-bond donors (Lipinski definition) is 2. The van der Waals surface area contributed by atoms with Crippen LogP contribution in [0.2, 0.25) is 0 Å². The molecule has 0 fully saturated rings. The van der Waals surface area contributed by atoms with Crippen molar-refractivity contribution >= 4 is 5.84 Å². The normalized spacial score (nSPS) is 11.4. The van der Waals surface area contributed by atoms with Gasteiger partial charge in [0.05, 0.1) is 6.61 Å². The van der Waals surface area contributed by atoms with E-state index in [2.05, 4.69) is 5.16 Å². The van der Waals surface area contributed by atoms with Crippen molar-refractivity contribution in [3.05, 3.63) is 59.2 Å². The maximum Gasteiger partial charge on any atom is 0.170 e. The highest BCUT2D eigenvalue weighted by Gasteiger charge is 2.06. The molecule has 0 radical (unpaired) electrons. The Labute approximate surface area is 123 Å². The highest BCUT2D eigenvalue weighted by atomic mass is 16.5. The van der Waals surface area contributed by atoms with Gasteiger partial charge in [-0.25, -0.2) is 0 Å². The second-order valence-electron chi connectivity index (χ2n) is 4.64. The van der Waals surface area contributed by atoms with Gasteiger partial charge in [0.25, 0.3) is 0 Å². The summed E-state index contributed by atoms with van der Waals surface area (Å²) >= 11 is 0. The minimum Gasteiger partial charge on any atom is -0.457 e. The molecule has 2 aromatic rings. The van der Waals surface area contributed by atoms with Crippen molar-refractivity contribution in [2.24, 2.45) is 10.9 Å². The van der Waals surface area contributed by atoms with Gasteiger partial charge in [-0.15, -0.1) is 0 Å². The molecule has 0 aliphatic heterocycles. The molecule has 0 aromatic heterocycles. The van der Waals surface area contributed by atoms with Gasteiger partial charge in [0, 0.05) is 12.7 Å². The van der Waals surface area contributed by atoms with Gasteiger partial charge in [-0.2, -0.15) is 0 Å². The van der Waals surface area contributed by atoms with Crippen LogP contribution in [0.3, 0.4) is 0 Å². The molecule has 0 bridgehead atoms. The minimum absolute atomic E-state index is 0.0844. The van der Waals surface area contributed by atoms with Gasteiger partial charge < -0.3 is 20.4 Å². The Bertz CT molecular complexity index is 654. The van der Waals surface area contributed by atoms with Crippen molar-refractivity contribution in [2.45, 2.75) is 13.5 Å². The van der Waals surface area contributed by atoms with Crippen molar-refractivity contribution in [3.63, 3.8) is 0 Å². The molecule has 2 rings (SSSR count). The highest BCUT2D eigenvalue weighted by Crippen LogP contribution is 2.24. The maximum absolute atomic E-state index is 8.72. The number of amidine groups is 1. The number of nitrogens with two attached hydrogens (primary N) is 1. The van der Waals surface area contributed by atoms with Crippen LogP contribution in [-0.2, 0) is 11.3 Å². The average molecular weight is 286 g/mol. The third-order valence-electron chi connectivity index (χ3n) is 3.03. The number of aryl methyl sites for hydroxylation is 1. The SMILES string of the molecule is COCc1cccc(Oc2ccc(/C(N)=N/O)c(C)c2)c1. The topological polar surface area (TPSA) is 77.1 Å². The first-order valence-electron chi connectivity index (χ1n) is 6.48. The lowest BCUT2D eigenvalue weighted by Gasteiger charge is -2.10. The van der Waals surface area contributed by atoms with Gasteiger partial charge in [0.15, 0.2) is 5.84 Å². The number of benzene rings is 2. The summed E-state index contributed by atoms with van der Waals surface area (Å²) in [6, 6.07) is 13.1. The number of oxime groups is 1. The number of methoxy groups -OCH3 is 1. The minimum atomic E-state index is 0.0844. The van der Waals surface area contributed by atoms with Crippen LogP contribution in [0.4, 0.5) is 0 Å². The molecule has 0 saturated heterocycles. The fourth-order valence-electron chi connectivity index (χ4n) is 2.04. The molecule has 0 aliphatic rings. The van der Waals surface area contributed by atoms with Gasteiger partial charge >= 0.3 is 0 Å². The summed E-state index contributed by atoms with van der Waals surface area (Å²) in [7, 11) is 1.66. The summed E-state index contributed by atoms with van der Waals surface area (Å²) in [5, 5.41) is 11.7. The predicted octanol–water partition coefficient (Wildman–Crippen LogP) is 3.03. The molecular weight excluding hydrogens is 268 g/mol. The van der Waals surface area contributed by atoms with E-state index in [0.29, 0.717) is 17.9 Å². The van der Waals surface area contributed by atoms with E-state index in [1.165, 1.54) is 0 Å². The van der Waals surface area contributed by atoms with E-state index >= 15 is 0 Å². The van der Waals surface area contributed by atoms with E-state index in [-0.39, 0.29) is 5.84 Å². The van der Waals surface area contributed by atoms with Gasteiger partial charge in [-0.05, 0) is 48.4 Å². The second kappa shape index (κ2) is 6.76. The predicted molar refractivity (Wildman–Crippen MR) is 80.9 cm³/mol. The van der Waals surface area contributed by atoms with Crippen molar-refractivity contribution < 1.29 is 14.7 Å². The average Bonchev–Trinajstić information content (AvgIpc) is 2.47. The standard InChI is InChI=1S/C16H18N2O3/c1-11-8-14(6-7-15(11)16(17)18-19)21-13-5-3-4-12(9-13)10-20-2/h3-9,19H,10H2,1-2H3,(H2,17,18). The monoisotopic (exact) mass is 286 g/mol. The largest absolute Gasteiger partial charge is 0.457 e. The quantitative estimate of drug-likeness (QED) is 0.383. The maximum atomic E-state index is 8.72. The molecule has 0 atom stereocenters. The van der Waals surface area contributed by atoms with Crippen LogP contribution in [0.5, 0.6) is 11.5 Å². The van der Waals surface area contributed by atoms with E-state index in [4.69, 9.17) is 20.4 Å². The third kappa shape index (κ3) is 3.73. The van der Waals surface area contributed by atoms with E-state index in [1.54, 1.807) is 19.2 Å². The van der Waals surface area contributed by atoms with Gasteiger partial charge in [-0.3, -0.25) is 0 Å². The van der Waals surface area contributed by atoms with Gasteiger partial charge in [0.2, 0.25) is 0 Å². The first-order chi connectivity index (χ1) is 10.1. The fourth-order valence-corrected chi connectivity index (χ4v) is 2.04. The first kappa shape index (κ1) is 14.9. The number of nitrogens with zero attached hydrogens (tertiary/aromatic N) is 1. The molecule has 0 unspecified atom stereocenters. The molecule has 0 saturated carbocycles. The molecule has 5 nitrogen and oxygen atoms in total. The molecule has 0 aliphatic carbocycles. The fraction of sp³-hybridized carbons (Fsp3) is 0.188. The molecule has 0 spiro atoms. The molecule has 5 heteroatoms. The Morgan fingerprint density at radius 3 is 2.62 bits per heavy atom. The van der Waals surface area contributed by atoms with Crippen LogP contribution in [-0.4, -0.2) is 18.2 Å². The van der Waals surface area contributed by atoms with Crippen LogP contribution >= 0.6 is 0 Å². The van der Waals surface area contributed by atoms with E-state index in [9.17, 15) is 0 Å². The summed E-state index contributed by atoms with van der Waals surface area (Å²) in [6.07, 6.45) is 0. The lowest BCUT2D eigenvalue weighted by atomic mass is 10.1. The third-order valence-corrected chi connectivity index (χ3v) is 3.03. The zero-order valence-corrected chi connectivity index (χ0v) is 12.0. The molecule has 21 heavy (non-hydrogen) atoms. The Kier molecular flexibility index (Phi) is 4.79. The molecule has 0 heterocycles. The Morgan fingerprint density at radius 2 is 1.95 bits per heavy atom. The Morgan fingerprint density at radius 1 is 1.19 bits per heavy atom. The summed E-state index contributed by atoms with van der Waals surface area (Å²) in [6.45, 7) is 2.42. The Balaban J connectivity index is 2.20. The van der Waals surface area contributed by atoms with Gasteiger partial charge in [-0.1, -0.05) is 17.3 Å². The molecule has 110 valence electrons. The lowest BCUT2D eigenvalue weighted by Crippen LogP contribution is -2.14. The van der Waals surface area contributed by atoms with Crippen LogP contribution in [0.1, 0.15) is 16.7 Å². The molecule has 3 N–H and O–H groups in total. The molecule has 2 aromatic carbocycles. The van der Waals surface area contributed by atoms with E-state index < -0.39 is 0 Å². The molecular formula is C16H18N2O3. The van der Waals surface area contributed by atoms with Crippen LogP contribution < -0.4 is 10.5 Å². The lowest BCUT2D eigenvalue weighted by molar-refractivity contribution is 0.184.